The number of hydrogen-bond acceptors (Lipinski definition) is 4. The summed E-state index contributed by atoms with van der Waals surface area (Å²) in [6, 6.07) is 12.6. The number of amides is 1. The van der Waals surface area contributed by atoms with Crippen molar-refractivity contribution in [3.05, 3.63) is 52.5 Å². The number of halogens is 1. The Labute approximate surface area is 173 Å². The molecule has 0 aliphatic heterocycles. The van der Waals surface area contributed by atoms with Gasteiger partial charge in [-0.25, -0.2) is 0 Å². The summed E-state index contributed by atoms with van der Waals surface area (Å²) in [4.78, 5) is 12.6. The highest BCUT2D eigenvalue weighted by Gasteiger charge is 2.16. The normalized spacial score (nSPS) is 10.6. The number of benzene rings is 2. The number of ether oxygens (including phenoxy) is 2. The molecule has 0 spiro atoms. The van der Waals surface area contributed by atoms with Crippen molar-refractivity contribution in [3.63, 3.8) is 0 Å². The lowest BCUT2D eigenvalue weighted by atomic mass is 10.2. The highest BCUT2D eigenvalue weighted by atomic mass is 79.9. The first-order valence-corrected chi connectivity index (χ1v) is 9.80. The maximum atomic E-state index is 12.6. The molecule has 0 aliphatic carbocycles. The third-order valence-electron chi connectivity index (χ3n) is 3.26. The molecular weight excluding hydrogens is 428 g/mol. The summed E-state index contributed by atoms with van der Waals surface area (Å²) < 4.78 is 12.1. The Morgan fingerprint density at radius 1 is 1.00 bits per heavy atom. The van der Waals surface area contributed by atoms with Gasteiger partial charge < -0.3 is 14.8 Å². The molecule has 0 unspecified atom stereocenters. The fraction of sp³-hybridized carbons (Fsp3) is 0.300. The van der Waals surface area contributed by atoms with Gasteiger partial charge in [0.1, 0.15) is 11.5 Å². The van der Waals surface area contributed by atoms with Crippen molar-refractivity contribution in [2.75, 3.05) is 5.32 Å². The van der Waals surface area contributed by atoms with Crippen LogP contribution in [-0.4, -0.2) is 23.2 Å². The SMILES string of the molecule is CC(C)Oc1ccc(NC(=S)NC(=O)c2cc(Br)ccc2OC(C)C)cc1. The predicted octanol–water partition coefficient (Wildman–Crippen LogP) is 5.15. The molecule has 0 fully saturated rings. The minimum Gasteiger partial charge on any atom is -0.491 e. The number of anilines is 1. The second-order valence-corrected chi connectivity index (χ2v) is 7.73. The minimum atomic E-state index is -0.343. The van der Waals surface area contributed by atoms with E-state index in [1.807, 2.05) is 58.0 Å². The Kier molecular flexibility index (Phi) is 7.62. The van der Waals surface area contributed by atoms with Gasteiger partial charge in [-0.1, -0.05) is 15.9 Å². The molecule has 0 saturated carbocycles. The lowest BCUT2D eigenvalue weighted by Crippen LogP contribution is -2.34. The first kappa shape index (κ1) is 21.2. The van der Waals surface area contributed by atoms with E-state index in [1.165, 1.54) is 0 Å². The van der Waals surface area contributed by atoms with Gasteiger partial charge in [-0.15, -0.1) is 0 Å². The summed E-state index contributed by atoms with van der Waals surface area (Å²) in [7, 11) is 0. The van der Waals surface area contributed by atoms with E-state index in [4.69, 9.17) is 21.7 Å². The van der Waals surface area contributed by atoms with Crippen LogP contribution >= 0.6 is 28.1 Å². The van der Waals surface area contributed by atoms with Gasteiger partial charge in [0.2, 0.25) is 0 Å². The molecule has 5 nitrogen and oxygen atoms in total. The van der Waals surface area contributed by atoms with Crippen LogP contribution in [0.3, 0.4) is 0 Å². The fourth-order valence-electron chi connectivity index (χ4n) is 2.26. The Morgan fingerprint density at radius 3 is 2.22 bits per heavy atom. The third-order valence-corrected chi connectivity index (χ3v) is 3.96. The Bertz CT molecular complexity index is 807. The zero-order valence-electron chi connectivity index (χ0n) is 15.7. The lowest BCUT2D eigenvalue weighted by molar-refractivity contribution is 0.0972. The highest BCUT2D eigenvalue weighted by Crippen LogP contribution is 2.24. The standard InChI is InChI=1S/C20H23BrN2O3S/c1-12(2)25-16-8-6-15(7-9-16)22-20(27)23-19(24)17-11-14(21)5-10-18(17)26-13(3)4/h5-13H,1-4H3,(H2,22,23,24,27). The number of carbonyl (C=O) groups is 1. The summed E-state index contributed by atoms with van der Waals surface area (Å²) in [5, 5.41) is 5.87. The van der Waals surface area contributed by atoms with Crippen molar-refractivity contribution in [2.45, 2.75) is 39.9 Å². The molecule has 2 rings (SSSR count). The molecule has 7 heteroatoms. The van der Waals surface area contributed by atoms with Crippen molar-refractivity contribution < 1.29 is 14.3 Å². The molecule has 2 N–H and O–H groups in total. The lowest BCUT2D eigenvalue weighted by Gasteiger charge is -2.15. The second-order valence-electron chi connectivity index (χ2n) is 6.41. The number of hydrogen-bond donors (Lipinski definition) is 2. The molecule has 0 atom stereocenters. The van der Waals surface area contributed by atoms with Gasteiger partial charge in [-0.3, -0.25) is 10.1 Å². The topological polar surface area (TPSA) is 59.6 Å². The van der Waals surface area contributed by atoms with Gasteiger partial charge in [0, 0.05) is 10.2 Å². The van der Waals surface area contributed by atoms with Crippen LogP contribution in [0.5, 0.6) is 11.5 Å². The summed E-state index contributed by atoms with van der Waals surface area (Å²) in [6.07, 6.45) is 0.0611. The van der Waals surface area contributed by atoms with Gasteiger partial charge in [0.05, 0.1) is 17.8 Å². The maximum Gasteiger partial charge on any atom is 0.261 e. The first-order valence-electron chi connectivity index (χ1n) is 8.60. The summed E-state index contributed by atoms with van der Waals surface area (Å²) >= 11 is 8.63. The molecule has 1 amide bonds. The Morgan fingerprint density at radius 2 is 1.63 bits per heavy atom. The van der Waals surface area contributed by atoms with E-state index in [0.717, 1.165) is 15.9 Å². The van der Waals surface area contributed by atoms with Gasteiger partial charge in [-0.2, -0.15) is 0 Å². The van der Waals surface area contributed by atoms with Crippen LogP contribution in [0.4, 0.5) is 5.69 Å². The molecule has 2 aromatic rings. The summed E-state index contributed by atoms with van der Waals surface area (Å²) in [5.41, 5.74) is 1.16. The summed E-state index contributed by atoms with van der Waals surface area (Å²) in [6.45, 7) is 7.75. The second kappa shape index (κ2) is 9.71. The molecule has 0 aliphatic rings. The monoisotopic (exact) mass is 450 g/mol. The average molecular weight is 451 g/mol. The van der Waals surface area contributed by atoms with Crippen LogP contribution in [0, 0.1) is 0 Å². The van der Waals surface area contributed by atoms with Crippen LogP contribution in [-0.2, 0) is 0 Å². The van der Waals surface area contributed by atoms with Crippen LogP contribution in [0.1, 0.15) is 38.1 Å². The minimum absolute atomic E-state index is 0.0469. The van der Waals surface area contributed by atoms with E-state index < -0.39 is 0 Å². The van der Waals surface area contributed by atoms with E-state index in [0.29, 0.717) is 11.3 Å². The molecule has 0 heterocycles. The van der Waals surface area contributed by atoms with Crippen LogP contribution in [0.25, 0.3) is 0 Å². The number of nitrogens with one attached hydrogen (secondary N) is 2. The first-order chi connectivity index (χ1) is 12.7. The molecule has 0 radical (unpaired) electrons. The summed E-state index contributed by atoms with van der Waals surface area (Å²) in [5.74, 6) is 0.933. The van der Waals surface area contributed by atoms with Crippen LogP contribution in [0.2, 0.25) is 0 Å². The van der Waals surface area contributed by atoms with Crippen molar-refractivity contribution in [1.82, 2.24) is 5.32 Å². The van der Waals surface area contributed by atoms with Gasteiger partial charge >= 0.3 is 0 Å². The number of carbonyl (C=O) groups excluding carboxylic acids is 1. The van der Waals surface area contributed by atoms with E-state index in [1.54, 1.807) is 12.1 Å². The van der Waals surface area contributed by atoms with E-state index >= 15 is 0 Å². The Balaban J connectivity index is 2.03. The maximum absolute atomic E-state index is 12.6. The van der Waals surface area contributed by atoms with E-state index in [9.17, 15) is 4.79 Å². The number of rotatable bonds is 6. The van der Waals surface area contributed by atoms with Crippen LogP contribution in [0.15, 0.2) is 46.9 Å². The Hall–Kier alpha value is -2.12. The van der Waals surface area contributed by atoms with Gasteiger partial charge in [-0.05, 0) is 82.4 Å². The fourth-order valence-corrected chi connectivity index (χ4v) is 2.83. The van der Waals surface area contributed by atoms with Crippen molar-refractivity contribution in [1.29, 1.82) is 0 Å². The average Bonchev–Trinajstić information content (AvgIpc) is 2.57. The predicted molar refractivity (Wildman–Crippen MR) is 116 cm³/mol. The van der Waals surface area contributed by atoms with Gasteiger partial charge in [0.25, 0.3) is 5.91 Å². The van der Waals surface area contributed by atoms with Gasteiger partial charge in [0.15, 0.2) is 5.11 Å². The molecule has 0 bridgehead atoms. The smallest absolute Gasteiger partial charge is 0.261 e. The zero-order chi connectivity index (χ0) is 20.0. The quantitative estimate of drug-likeness (QED) is 0.595. The molecule has 27 heavy (non-hydrogen) atoms. The molecular formula is C20H23BrN2O3S. The highest BCUT2D eigenvalue weighted by molar-refractivity contribution is 9.10. The molecule has 0 saturated heterocycles. The third kappa shape index (κ3) is 6.84. The molecule has 2 aromatic carbocycles. The van der Waals surface area contributed by atoms with E-state index in [2.05, 4.69) is 26.6 Å². The van der Waals surface area contributed by atoms with Crippen LogP contribution < -0.4 is 20.1 Å². The largest absolute Gasteiger partial charge is 0.491 e. The molecule has 144 valence electrons. The molecule has 0 aromatic heterocycles. The van der Waals surface area contributed by atoms with E-state index in [-0.39, 0.29) is 23.2 Å². The van der Waals surface area contributed by atoms with Crippen molar-refractivity contribution in [3.8, 4) is 11.5 Å². The van der Waals surface area contributed by atoms with Crippen molar-refractivity contribution >= 4 is 44.9 Å². The number of thiocarbonyl (C=S) groups is 1. The zero-order valence-corrected chi connectivity index (χ0v) is 18.1. The van der Waals surface area contributed by atoms with Crippen molar-refractivity contribution in [2.24, 2.45) is 0 Å².